The first-order valence-electron chi connectivity index (χ1n) is 11.4. The highest BCUT2D eigenvalue weighted by atomic mass is 32.2. The zero-order valence-corrected chi connectivity index (χ0v) is 20.1. The number of nitrogens with one attached hydrogen (secondary N) is 2. The van der Waals surface area contributed by atoms with Crippen LogP contribution in [0.1, 0.15) is 31.7 Å². The van der Waals surface area contributed by atoms with Crippen LogP contribution in [-0.4, -0.2) is 62.2 Å². The van der Waals surface area contributed by atoms with E-state index in [1.54, 1.807) is 29.2 Å². The van der Waals surface area contributed by atoms with Gasteiger partial charge in [0.1, 0.15) is 5.82 Å². The molecule has 2 amide bonds. The molecule has 34 heavy (non-hydrogen) atoms. The molecule has 184 valence electrons. The number of amides is 2. The number of sulfonamides is 1. The maximum atomic E-state index is 13.0. The molecular formula is C24H31FN4O4S. The summed E-state index contributed by atoms with van der Waals surface area (Å²) in [6.07, 6.45) is 2.72. The van der Waals surface area contributed by atoms with Crippen LogP contribution in [0.4, 0.5) is 10.1 Å². The van der Waals surface area contributed by atoms with Crippen LogP contribution in [0.5, 0.6) is 0 Å². The van der Waals surface area contributed by atoms with Crippen LogP contribution in [-0.2, 0) is 26.2 Å². The Morgan fingerprint density at radius 3 is 2.35 bits per heavy atom. The van der Waals surface area contributed by atoms with Crippen LogP contribution in [0, 0.1) is 5.82 Å². The third-order valence-electron chi connectivity index (χ3n) is 5.66. The zero-order chi connectivity index (χ0) is 24.6. The Balaban J connectivity index is 1.52. The molecule has 1 fully saturated rings. The van der Waals surface area contributed by atoms with Crippen molar-refractivity contribution in [2.24, 2.45) is 0 Å². The predicted octanol–water partition coefficient (Wildman–Crippen LogP) is 2.58. The number of nitrogens with zero attached hydrogens (tertiary/aromatic N) is 2. The Morgan fingerprint density at radius 2 is 1.68 bits per heavy atom. The molecule has 0 saturated carbocycles. The number of likely N-dealkylation sites (N-methyl/N-ethyl adjacent to an activating group) is 1. The molecule has 0 spiro atoms. The van der Waals surface area contributed by atoms with E-state index in [0.717, 1.165) is 24.8 Å². The van der Waals surface area contributed by atoms with Gasteiger partial charge >= 0.3 is 0 Å². The van der Waals surface area contributed by atoms with Crippen molar-refractivity contribution in [1.29, 1.82) is 0 Å². The summed E-state index contributed by atoms with van der Waals surface area (Å²) in [6, 6.07) is 12.1. The summed E-state index contributed by atoms with van der Waals surface area (Å²) in [7, 11) is -3.60. The fourth-order valence-electron chi connectivity index (χ4n) is 3.73. The summed E-state index contributed by atoms with van der Waals surface area (Å²) in [4.78, 5) is 26.6. The minimum Gasteiger partial charge on any atom is -0.351 e. The third kappa shape index (κ3) is 7.34. The number of rotatable bonds is 10. The molecule has 10 heteroatoms. The quantitative estimate of drug-likeness (QED) is 0.533. The Kier molecular flexibility index (Phi) is 9.14. The van der Waals surface area contributed by atoms with Gasteiger partial charge in [-0.25, -0.2) is 12.8 Å². The smallest absolute Gasteiger partial charge is 0.243 e. The predicted molar refractivity (Wildman–Crippen MR) is 128 cm³/mol. The van der Waals surface area contributed by atoms with E-state index in [9.17, 15) is 22.4 Å². The van der Waals surface area contributed by atoms with Crippen LogP contribution in [0.2, 0.25) is 0 Å². The van der Waals surface area contributed by atoms with Gasteiger partial charge in [-0.1, -0.05) is 31.5 Å². The second-order valence-electron chi connectivity index (χ2n) is 8.25. The van der Waals surface area contributed by atoms with Crippen molar-refractivity contribution in [1.82, 2.24) is 14.5 Å². The van der Waals surface area contributed by atoms with Crippen molar-refractivity contribution in [3.8, 4) is 0 Å². The van der Waals surface area contributed by atoms with Gasteiger partial charge in [-0.15, -0.1) is 0 Å². The van der Waals surface area contributed by atoms with E-state index in [1.165, 1.54) is 28.6 Å². The molecule has 0 aliphatic carbocycles. The fourth-order valence-corrected chi connectivity index (χ4v) is 5.30. The van der Waals surface area contributed by atoms with Gasteiger partial charge in [-0.3, -0.25) is 14.5 Å². The SMILES string of the molecule is CCN(CC(=O)NCc1ccc(F)cc1)CC(=O)Nc1cccc(S(=O)(=O)N2CCCCC2)c1. The molecular weight excluding hydrogens is 459 g/mol. The molecule has 1 saturated heterocycles. The van der Waals surface area contributed by atoms with Gasteiger partial charge in [0.2, 0.25) is 21.8 Å². The summed E-state index contributed by atoms with van der Waals surface area (Å²) in [6.45, 7) is 3.59. The average molecular weight is 491 g/mol. The molecule has 2 aromatic rings. The van der Waals surface area contributed by atoms with Crippen LogP contribution in [0.25, 0.3) is 0 Å². The first kappa shape index (κ1) is 25.8. The lowest BCUT2D eigenvalue weighted by atomic mass is 10.2. The van der Waals surface area contributed by atoms with Gasteiger partial charge in [0, 0.05) is 25.3 Å². The van der Waals surface area contributed by atoms with Gasteiger partial charge in [-0.2, -0.15) is 4.31 Å². The lowest BCUT2D eigenvalue weighted by Crippen LogP contribution is -2.40. The molecule has 0 bridgehead atoms. The second kappa shape index (κ2) is 12.0. The van der Waals surface area contributed by atoms with Crippen molar-refractivity contribution in [3.05, 3.63) is 59.9 Å². The summed E-state index contributed by atoms with van der Waals surface area (Å²) in [5, 5.41) is 5.48. The topological polar surface area (TPSA) is 98.8 Å². The molecule has 0 unspecified atom stereocenters. The van der Waals surface area contributed by atoms with E-state index in [2.05, 4.69) is 10.6 Å². The van der Waals surface area contributed by atoms with Crippen LogP contribution in [0.15, 0.2) is 53.4 Å². The first-order chi connectivity index (χ1) is 16.3. The van der Waals surface area contributed by atoms with Gasteiger partial charge in [-0.05, 0) is 55.3 Å². The minimum atomic E-state index is -3.60. The summed E-state index contributed by atoms with van der Waals surface area (Å²) < 4.78 is 40.3. The molecule has 1 aliphatic heterocycles. The molecule has 0 aromatic heterocycles. The van der Waals surface area contributed by atoms with Crippen molar-refractivity contribution in [2.75, 3.05) is 38.0 Å². The fraction of sp³-hybridized carbons (Fsp3) is 0.417. The first-order valence-corrected chi connectivity index (χ1v) is 12.9. The molecule has 8 nitrogen and oxygen atoms in total. The highest BCUT2D eigenvalue weighted by Gasteiger charge is 2.26. The standard InChI is InChI=1S/C24H31FN4O4S/c1-2-28(17-23(30)26-16-19-9-11-20(25)12-10-19)18-24(31)27-21-7-6-8-22(15-21)34(32,33)29-13-4-3-5-14-29/h6-12,15H,2-5,13-14,16-18H2,1H3,(H,26,30)(H,27,31). The van der Waals surface area contributed by atoms with Gasteiger partial charge in [0.15, 0.2) is 0 Å². The molecule has 2 aromatic carbocycles. The monoisotopic (exact) mass is 490 g/mol. The van der Waals surface area contributed by atoms with E-state index in [1.807, 2.05) is 6.92 Å². The number of carbonyl (C=O) groups is 2. The molecule has 0 atom stereocenters. The zero-order valence-electron chi connectivity index (χ0n) is 19.3. The maximum Gasteiger partial charge on any atom is 0.243 e. The molecule has 1 heterocycles. The largest absolute Gasteiger partial charge is 0.351 e. The molecule has 1 aliphatic rings. The van der Waals surface area contributed by atoms with Crippen molar-refractivity contribution >= 4 is 27.5 Å². The van der Waals surface area contributed by atoms with E-state index in [0.29, 0.717) is 25.3 Å². The van der Waals surface area contributed by atoms with Crippen LogP contribution in [0.3, 0.4) is 0 Å². The van der Waals surface area contributed by atoms with Crippen LogP contribution < -0.4 is 10.6 Å². The minimum absolute atomic E-state index is 0.0223. The second-order valence-corrected chi connectivity index (χ2v) is 10.2. The molecule has 0 radical (unpaired) electrons. The Labute approximate surface area is 200 Å². The molecule has 3 rings (SSSR count). The van der Waals surface area contributed by atoms with E-state index in [-0.39, 0.29) is 42.2 Å². The summed E-state index contributed by atoms with van der Waals surface area (Å²) in [5.41, 5.74) is 1.16. The maximum absolute atomic E-state index is 13.0. The number of halogens is 1. The van der Waals surface area contributed by atoms with Crippen molar-refractivity contribution in [3.63, 3.8) is 0 Å². The number of anilines is 1. The van der Waals surface area contributed by atoms with Crippen molar-refractivity contribution in [2.45, 2.75) is 37.6 Å². The van der Waals surface area contributed by atoms with E-state index in [4.69, 9.17) is 0 Å². The average Bonchev–Trinajstić information content (AvgIpc) is 2.84. The molecule has 2 N–H and O–H groups in total. The van der Waals surface area contributed by atoms with Gasteiger partial charge < -0.3 is 10.6 Å². The number of hydrogen-bond acceptors (Lipinski definition) is 5. The van der Waals surface area contributed by atoms with Crippen LogP contribution >= 0.6 is 0 Å². The third-order valence-corrected chi connectivity index (χ3v) is 7.55. The summed E-state index contributed by atoms with van der Waals surface area (Å²) >= 11 is 0. The lowest BCUT2D eigenvalue weighted by Gasteiger charge is -2.26. The summed E-state index contributed by atoms with van der Waals surface area (Å²) in [5.74, 6) is -0.942. The number of carbonyl (C=O) groups excluding carboxylic acids is 2. The van der Waals surface area contributed by atoms with E-state index >= 15 is 0 Å². The Morgan fingerprint density at radius 1 is 1.00 bits per heavy atom. The highest BCUT2D eigenvalue weighted by molar-refractivity contribution is 7.89. The van der Waals surface area contributed by atoms with Crippen molar-refractivity contribution < 1.29 is 22.4 Å². The van der Waals surface area contributed by atoms with Gasteiger partial charge in [0.05, 0.1) is 18.0 Å². The number of hydrogen-bond donors (Lipinski definition) is 2. The number of benzene rings is 2. The van der Waals surface area contributed by atoms with E-state index < -0.39 is 10.0 Å². The highest BCUT2D eigenvalue weighted by Crippen LogP contribution is 2.22. The normalized spacial score (nSPS) is 14.7. The Hall–Kier alpha value is -2.82. The lowest BCUT2D eigenvalue weighted by molar-refractivity contribution is -0.123. The Bertz CT molecular complexity index is 1090. The number of piperidine rings is 1. The van der Waals surface area contributed by atoms with Gasteiger partial charge in [0.25, 0.3) is 0 Å².